The maximum atomic E-state index is 13.5. The monoisotopic (exact) mass is 311 g/mol. The molecule has 0 unspecified atom stereocenters. The van der Waals surface area contributed by atoms with Gasteiger partial charge in [-0.25, -0.2) is 4.39 Å². The van der Waals surface area contributed by atoms with Gasteiger partial charge < -0.3 is 4.57 Å². The fourth-order valence-corrected chi connectivity index (χ4v) is 2.61. The molecule has 2 nitrogen and oxygen atoms in total. The van der Waals surface area contributed by atoms with Gasteiger partial charge in [-0.15, -0.1) is 0 Å². The molecule has 2 aromatic carbocycles. The van der Waals surface area contributed by atoms with Crippen LogP contribution in [0.15, 0.2) is 48.5 Å². The van der Waals surface area contributed by atoms with Crippen LogP contribution in [0.1, 0.15) is 15.9 Å². The lowest BCUT2D eigenvalue weighted by Crippen LogP contribution is -1.96. The number of carbonyl (C=O) groups excluding carboxylic acids is 1. The van der Waals surface area contributed by atoms with Crippen LogP contribution >= 0.6 is 11.6 Å². The van der Waals surface area contributed by atoms with Crippen molar-refractivity contribution in [2.45, 2.75) is 0 Å². The molecule has 108 valence electrons. The van der Waals surface area contributed by atoms with Gasteiger partial charge in [-0.3, -0.25) is 4.79 Å². The summed E-state index contributed by atoms with van der Waals surface area (Å²) in [6.07, 6.45) is 0. The van der Waals surface area contributed by atoms with Crippen molar-refractivity contribution in [3.05, 3.63) is 70.6 Å². The van der Waals surface area contributed by atoms with Crippen molar-refractivity contribution < 1.29 is 9.18 Å². The van der Waals surface area contributed by atoms with E-state index in [2.05, 4.69) is 11.8 Å². The second kappa shape index (κ2) is 5.67. The number of aryl methyl sites for hydroxylation is 1. The van der Waals surface area contributed by atoms with Crippen molar-refractivity contribution in [1.82, 2.24) is 4.57 Å². The molecule has 3 rings (SSSR count). The van der Waals surface area contributed by atoms with Crippen molar-refractivity contribution in [3.63, 3.8) is 0 Å². The van der Waals surface area contributed by atoms with Gasteiger partial charge in [0.2, 0.25) is 5.78 Å². The number of benzene rings is 2. The highest BCUT2D eigenvalue weighted by Gasteiger charge is 2.18. The highest BCUT2D eigenvalue weighted by molar-refractivity contribution is 6.37. The molecule has 0 aliphatic carbocycles. The number of halogens is 2. The molecule has 0 atom stereocenters. The molecule has 22 heavy (non-hydrogen) atoms. The molecule has 0 saturated carbocycles. The fraction of sp³-hybridized carbons (Fsp3) is 0.0556. The average molecular weight is 312 g/mol. The first-order valence-electron chi connectivity index (χ1n) is 6.63. The van der Waals surface area contributed by atoms with Crippen molar-refractivity contribution in [2.75, 3.05) is 0 Å². The summed E-state index contributed by atoms with van der Waals surface area (Å²) in [5, 5.41) is 1.07. The lowest BCUT2D eigenvalue weighted by molar-refractivity contribution is 0.105. The molecule has 1 aromatic heterocycles. The minimum atomic E-state index is -0.452. The largest absolute Gasteiger partial charge is 0.334 e. The summed E-state index contributed by atoms with van der Waals surface area (Å²) in [5.41, 5.74) is 1.39. The second-order valence-electron chi connectivity index (χ2n) is 4.80. The molecule has 1 heterocycles. The number of fused-ring (bicyclic) bond motifs is 1. The van der Waals surface area contributed by atoms with E-state index in [1.165, 1.54) is 12.1 Å². The van der Waals surface area contributed by atoms with E-state index < -0.39 is 11.6 Å². The Morgan fingerprint density at radius 3 is 2.59 bits per heavy atom. The summed E-state index contributed by atoms with van der Waals surface area (Å²) in [6.45, 7) is 0. The summed E-state index contributed by atoms with van der Waals surface area (Å²) in [7, 11) is 1.78. The van der Waals surface area contributed by atoms with Crippen LogP contribution in [-0.2, 0) is 7.05 Å². The predicted molar refractivity (Wildman–Crippen MR) is 85.5 cm³/mol. The van der Waals surface area contributed by atoms with E-state index in [0.717, 1.165) is 10.9 Å². The fourth-order valence-electron chi connectivity index (χ4n) is 2.33. The van der Waals surface area contributed by atoms with Gasteiger partial charge in [0.15, 0.2) is 0 Å². The highest BCUT2D eigenvalue weighted by Crippen LogP contribution is 2.29. The standard InChI is InChI=1S/C18H11ClFNO/c1-21-15-9-5-3-7-13(15)17(18(21)19)16(22)11-10-12-6-2-4-8-14(12)20/h2-9H,1H3. The average Bonchev–Trinajstić information content (AvgIpc) is 2.78. The molecule has 0 amide bonds. The number of aromatic nitrogens is 1. The van der Waals surface area contributed by atoms with E-state index in [4.69, 9.17) is 11.6 Å². The predicted octanol–water partition coefficient (Wildman–Crippen LogP) is 4.21. The van der Waals surface area contributed by atoms with Crippen LogP contribution in [-0.4, -0.2) is 10.4 Å². The lowest BCUT2D eigenvalue weighted by Gasteiger charge is -1.95. The topological polar surface area (TPSA) is 22.0 Å². The van der Waals surface area contributed by atoms with E-state index in [1.807, 2.05) is 24.3 Å². The maximum absolute atomic E-state index is 13.5. The number of hydrogen-bond donors (Lipinski definition) is 0. The van der Waals surface area contributed by atoms with Gasteiger partial charge in [0, 0.05) is 18.0 Å². The Hall–Kier alpha value is -2.57. The van der Waals surface area contributed by atoms with Crippen molar-refractivity contribution >= 4 is 28.3 Å². The summed E-state index contributed by atoms with van der Waals surface area (Å²) in [6, 6.07) is 13.5. The molecule has 0 spiro atoms. The number of ketones is 1. The Morgan fingerprint density at radius 1 is 1.14 bits per heavy atom. The number of hydrogen-bond acceptors (Lipinski definition) is 1. The van der Waals surface area contributed by atoms with E-state index in [0.29, 0.717) is 10.7 Å². The Kier molecular flexibility index (Phi) is 3.70. The van der Waals surface area contributed by atoms with E-state index in [9.17, 15) is 9.18 Å². The van der Waals surface area contributed by atoms with Gasteiger partial charge in [-0.05, 0) is 24.1 Å². The van der Waals surface area contributed by atoms with E-state index in [1.54, 1.807) is 23.7 Å². The molecule has 0 saturated heterocycles. The molecule has 0 bridgehead atoms. The lowest BCUT2D eigenvalue weighted by atomic mass is 10.1. The summed E-state index contributed by atoms with van der Waals surface area (Å²) in [4.78, 5) is 12.4. The molecule has 0 aliphatic rings. The normalized spacial score (nSPS) is 10.3. The third-order valence-electron chi connectivity index (χ3n) is 3.45. The quantitative estimate of drug-likeness (QED) is 0.487. The second-order valence-corrected chi connectivity index (χ2v) is 5.16. The minimum Gasteiger partial charge on any atom is -0.334 e. The minimum absolute atomic E-state index is 0.187. The van der Waals surface area contributed by atoms with Gasteiger partial charge in [0.25, 0.3) is 0 Å². The molecular weight excluding hydrogens is 301 g/mol. The zero-order chi connectivity index (χ0) is 15.7. The Morgan fingerprint density at radius 2 is 1.82 bits per heavy atom. The summed E-state index contributed by atoms with van der Waals surface area (Å²) < 4.78 is 15.3. The zero-order valence-corrected chi connectivity index (χ0v) is 12.5. The van der Waals surface area contributed by atoms with Crippen LogP contribution in [0.3, 0.4) is 0 Å². The number of carbonyl (C=O) groups is 1. The van der Waals surface area contributed by atoms with Crippen LogP contribution in [0.2, 0.25) is 5.15 Å². The van der Waals surface area contributed by atoms with Gasteiger partial charge in [-0.2, -0.15) is 0 Å². The van der Waals surface area contributed by atoms with E-state index >= 15 is 0 Å². The third-order valence-corrected chi connectivity index (χ3v) is 3.89. The maximum Gasteiger partial charge on any atom is 0.239 e. The highest BCUT2D eigenvalue weighted by atomic mass is 35.5. The first-order valence-corrected chi connectivity index (χ1v) is 7.01. The van der Waals surface area contributed by atoms with Gasteiger partial charge in [0.1, 0.15) is 11.0 Å². The molecule has 0 fully saturated rings. The van der Waals surface area contributed by atoms with Gasteiger partial charge >= 0.3 is 0 Å². The van der Waals surface area contributed by atoms with Crippen molar-refractivity contribution in [2.24, 2.45) is 7.05 Å². The van der Waals surface area contributed by atoms with Gasteiger partial charge in [-0.1, -0.05) is 47.9 Å². The molecule has 0 N–H and O–H groups in total. The smallest absolute Gasteiger partial charge is 0.239 e. The number of nitrogens with zero attached hydrogens (tertiary/aromatic N) is 1. The van der Waals surface area contributed by atoms with Crippen molar-refractivity contribution in [3.8, 4) is 11.8 Å². The van der Waals surface area contributed by atoms with E-state index in [-0.39, 0.29) is 5.56 Å². The first kappa shape index (κ1) is 14.4. The number of para-hydroxylation sites is 1. The number of rotatable bonds is 1. The van der Waals surface area contributed by atoms with Crippen molar-refractivity contribution in [1.29, 1.82) is 0 Å². The Bertz CT molecular complexity index is 947. The summed E-state index contributed by atoms with van der Waals surface area (Å²) in [5.74, 6) is 4.17. The van der Waals surface area contributed by atoms with Crippen LogP contribution in [0.25, 0.3) is 10.9 Å². The van der Waals surface area contributed by atoms with Crippen LogP contribution in [0, 0.1) is 17.7 Å². The third kappa shape index (κ3) is 2.38. The molecule has 4 heteroatoms. The zero-order valence-electron chi connectivity index (χ0n) is 11.7. The Labute approximate surface area is 132 Å². The van der Waals surface area contributed by atoms with Gasteiger partial charge in [0.05, 0.1) is 11.1 Å². The molecule has 0 radical (unpaired) electrons. The van der Waals surface area contributed by atoms with Crippen LogP contribution in [0.5, 0.6) is 0 Å². The molecular formula is C18H11ClFNO. The summed E-state index contributed by atoms with van der Waals surface area (Å²) >= 11 is 6.24. The van der Waals surface area contributed by atoms with Crippen LogP contribution in [0.4, 0.5) is 4.39 Å². The molecule has 0 aliphatic heterocycles. The molecule has 3 aromatic rings. The number of Topliss-reactive ketones (excluding diaryl/α,β-unsaturated/α-hetero) is 1. The SMILES string of the molecule is Cn1c(Cl)c(C(=O)C#Cc2ccccc2F)c2ccccc21. The first-order chi connectivity index (χ1) is 10.6. The Balaban J connectivity index is 2.08. The van der Waals surface area contributed by atoms with Crippen LogP contribution < -0.4 is 0 Å².